The highest BCUT2D eigenvalue weighted by molar-refractivity contribution is 5.77. The highest BCUT2D eigenvalue weighted by Crippen LogP contribution is 2.18. The van der Waals surface area contributed by atoms with Gasteiger partial charge in [-0.05, 0) is 51.6 Å². The fourth-order valence-electron chi connectivity index (χ4n) is 3.49. The molecule has 2 saturated heterocycles. The van der Waals surface area contributed by atoms with Crippen LogP contribution in [0.2, 0.25) is 0 Å². The Morgan fingerprint density at radius 1 is 1.39 bits per heavy atom. The van der Waals surface area contributed by atoms with Crippen LogP contribution in [0.15, 0.2) is 0 Å². The van der Waals surface area contributed by atoms with Crippen molar-refractivity contribution in [3.05, 3.63) is 0 Å². The number of likely N-dealkylation sites (tertiary alicyclic amines) is 1. The molecule has 6 heteroatoms. The number of likely N-dealkylation sites (N-methyl/N-ethyl adjacent to an activating group) is 1. The van der Waals surface area contributed by atoms with Crippen molar-refractivity contribution < 1.29 is 14.6 Å². The third kappa shape index (κ3) is 6.75. The van der Waals surface area contributed by atoms with Crippen molar-refractivity contribution in [1.29, 1.82) is 0 Å². The minimum Gasteiger partial charge on any atom is -0.392 e. The van der Waals surface area contributed by atoms with Crippen LogP contribution in [0.3, 0.4) is 0 Å². The molecular formula is C17H33N3O3. The molecule has 2 aliphatic rings. The summed E-state index contributed by atoms with van der Waals surface area (Å²) in [7, 11) is 1.90. The molecule has 2 rings (SSSR count). The fourth-order valence-corrected chi connectivity index (χ4v) is 3.49. The van der Waals surface area contributed by atoms with E-state index in [1.807, 2.05) is 18.9 Å². The number of nitrogens with zero attached hydrogens (tertiary/aromatic N) is 2. The molecule has 2 heterocycles. The summed E-state index contributed by atoms with van der Waals surface area (Å²) in [5.41, 5.74) is 0. The van der Waals surface area contributed by atoms with E-state index in [0.717, 1.165) is 65.0 Å². The molecule has 0 bridgehead atoms. The Balaban J connectivity index is 1.58. The number of β-amino-alcohol motifs (C(OH)–C–C–N with tert-alkyl or cyclic N) is 1. The Labute approximate surface area is 140 Å². The number of hydrogen-bond acceptors (Lipinski definition) is 5. The summed E-state index contributed by atoms with van der Waals surface area (Å²) in [6.07, 6.45) is 4.47. The third-order valence-corrected chi connectivity index (χ3v) is 4.86. The van der Waals surface area contributed by atoms with Gasteiger partial charge in [-0.1, -0.05) is 0 Å². The fraction of sp³-hybridized carbons (Fsp3) is 0.941. The number of rotatable bonds is 8. The first-order valence-corrected chi connectivity index (χ1v) is 9.01. The number of piperidine rings is 1. The number of amides is 1. The maximum absolute atomic E-state index is 12.2. The van der Waals surface area contributed by atoms with Gasteiger partial charge >= 0.3 is 0 Å². The molecule has 2 N–H and O–H groups in total. The van der Waals surface area contributed by atoms with Crippen LogP contribution < -0.4 is 5.32 Å². The van der Waals surface area contributed by atoms with Crippen LogP contribution in [0.4, 0.5) is 0 Å². The zero-order valence-electron chi connectivity index (χ0n) is 14.7. The van der Waals surface area contributed by atoms with Crippen LogP contribution in [0, 0.1) is 5.92 Å². The van der Waals surface area contributed by atoms with Gasteiger partial charge in [-0.3, -0.25) is 4.79 Å². The third-order valence-electron chi connectivity index (χ3n) is 4.86. The maximum Gasteiger partial charge on any atom is 0.236 e. The molecule has 0 spiro atoms. The molecule has 2 aliphatic heterocycles. The monoisotopic (exact) mass is 327 g/mol. The van der Waals surface area contributed by atoms with E-state index in [1.54, 1.807) is 0 Å². The number of nitrogens with one attached hydrogen (secondary N) is 1. The molecule has 0 radical (unpaired) electrons. The smallest absolute Gasteiger partial charge is 0.236 e. The molecule has 0 saturated carbocycles. The number of hydrogen-bond donors (Lipinski definition) is 2. The van der Waals surface area contributed by atoms with E-state index in [9.17, 15) is 9.90 Å². The summed E-state index contributed by atoms with van der Waals surface area (Å²) in [4.78, 5) is 16.3. The molecule has 23 heavy (non-hydrogen) atoms. The van der Waals surface area contributed by atoms with Crippen LogP contribution in [0.5, 0.6) is 0 Å². The molecule has 2 fully saturated rings. The van der Waals surface area contributed by atoms with Crippen LogP contribution in [0.1, 0.15) is 32.6 Å². The van der Waals surface area contributed by atoms with Gasteiger partial charge in [0.05, 0.1) is 18.8 Å². The standard InChI is InChI=1S/C17H33N3O3/c1-14(21)12-20-7-5-15(6-8-20)13-19(2)17(22)11-18-10-16-4-3-9-23-16/h14-16,18,21H,3-13H2,1-2H3. The lowest BCUT2D eigenvalue weighted by Crippen LogP contribution is -2.43. The second-order valence-corrected chi connectivity index (χ2v) is 7.13. The molecular weight excluding hydrogens is 294 g/mol. The first-order chi connectivity index (χ1) is 11.0. The van der Waals surface area contributed by atoms with Gasteiger partial charge in [-0.15, -0.1) is 0 Å². The number of carbonyl (C=O) groups is 1. The van der Waals surface area contributed by atoms with Gasteiger partial charge in [0.1, 0.15) is 0 Å². The van der Waals surface area contributed by atoms with E-state index in [-0.39, 0.29) is 18.1 Å². The van der Waals surface area contributed by atoms with E-state index in [1.165, 1.54) is 0 Å². The first kappa shape index (κ1) is 18.6. The van der Waals surface area contributed by atoms with Crippen molar-refractivity contribution in [3.63, 3.8) is 0 Å². The van der Waals surface area contributed by atoms with E-state index < -0.39 is 0 Å². The molecule has 1 amide bonds. The summed E-state index contributed by atoms with van der Waals surface area (Å²) in [5, 5.41) is 12.7. The van der Waals surface area contributed by atoms with Crippen molar-refractivity contribution in [1.82, 2.24) is 15.1 Å². The van der Waals surface area contributed by atoms with Gasteiger partial charge in [-0.25, -0.2) is 0 Å². The Bertz CT molecular complexity index is 351. The lowest BCUT2D eigenvalue weighted by Gasteiger charge is -2.34. The number of carbonyl (C=O) groups excluding carboxylic acids is 1. The Morgan fingerprint density at radius 2 is 2.13 bits per heavy atom. The zero-order valence-corrected chi connectivity index (χ0v) is 14.7. The summed E-state index contributed by atoms with van der Waals surface area (Å²) >= 11 is 0. The highest BCUT2D eigenvalue weighted by atomic mass is 16.5. The van der Waals surface area contributed by atoms with Crippen LogP contribution in [-0.2, 0) is 9.53 Å². The number of aliphatic hydroxyl groups is 1. The van der Waals surface area contributed by atoms with Crippen molar-refractivity contribution in [2.24, 2.45) is 5.92 Å². The Morgan fingerprint density at radius 3 is 2.74 bits per heavy atom. The van der Waals surface area contributed by atoms with Gasteiger partial charge in [0.25, 0.3) is 0 Å². The predicted octanol–water partition coefficient (Wildman–Crippen LogP) is 0.306. The summed E-state index contributed by atoms with van der Waals surface area (Å²) in [6, 6.07) is 0. The minimum absolute atomic E-state index is 0.161. The minimum atomic E-state index is -0.259. The van der Waals surface area contributed by atoms with Crippen LogP contribution in [-0.4, -0.2) is 85.9 Å². The van der Waals surface area contributed by atoms with E-state index in [0.29, 0.717) is 12.5 Å². The lowest BCUT2D eigenvalue weighted by molar-refractivity contribution is -0.129. The molecule has 0 aromatic carbocycles. The van der Waals surface area contributed by atoms with Crippen LogP contribution in [0.25, 0.3) is 0 Å². The molecule has 0 aromatic heterocycles. The SMILES string of the molecule is CC(O)CN1CCC(CN(C)C(=O)CNCC2CCCO2)CC1. The summed E-state index contributed by atoms with van der Waals surface area (Å²) in [5.74, 6) is 0.738. The Hall–Kier alpha value is -0.690. The van der Waals surface area contributed by atoms with Gasteiger partial charge in [0.2, 0.25) is 5.91 Å². The highest BCUT2D eigenvalue weighted by Gasteiger charge is 2.22. The van der Waals surface area contributed by atoms with Crippen molar-refractivity contribution in [3.8, 4) is 0 Å². The topological polar surface area (TPSA) is 65.0 Å². The lowest BCUT2D eigenvalue weighted by atomic mass is 9.96. The molecule has 6 nitrogen and oxygen atoms in total. The van der Waals surface area contributed by atoms with Crippen molar-refractivity contribution >= 4 is 5.91 Å². The average Bonchev–Trinajstić information content (AvgIpc) is 3.02. The second kappa shape index (κ2) is 9.57. The first-order valence-electron chi connectivity index (χ1n) is 9.01. The van der Waals surface area contributed by atoms with E-state index in [4.69, 9.17) is 4.74 Å². The molecule has 2 unspecified atom stereocenters. The van der Waals surface area contributed by atoms with Crippen molar-refractivity contribution in [2.45, 2.75) is 44.8 Å². The average molecular weight is 327 g/mol. The van der Waals surface area contributed by atoms with Gasteiger partial charge in [-0.2, -0.15) is 0 Å². The molecule has 134 valence electrons. The zero-order chi connectivity index (χ0) is 16.7. The van der Waals surface area contributed by atoms with Gasteiger partial charge in [0, 0.05) is 33.3 Å². The van der Waals surface area contributed by atoms with Gasteiger partial charge < -0.3 is 25.0 Å². The summed E-state index contributed by atoms with van der Waals surface area (Å²) in [6.45, 7) is 7.51. The molecule has 0 aromatic rings. The second-order valence-electron chi connectivity index (χ2n) is 7.13. The normalized spacial score (nSPS) is 24.7. The molecule has 0 aliphatic carbocycles. The van der Waals surface area contributed by atoms with Crippen LogP contribution >= 0.6 is 0 Å². The summed E-state index contributed by atoms with van der Waals surface area (Å²) < 4.78 is 5.54. The van der Waals surface area contributed by atoms with E-state index >= 15 is 0 Å². The Kier molecular flexibility index (Phi) is 7.76. The van der Waals surface area contributed by atoms with E-state index in [2.05, 4.69) is 10.2 Å². The maximum atomic E-state index is 12.2. The van der Waals surface area contributed by atoms with Gasteiger partial charge in [0.15, 0.2) is 0 Å². The largest absolute Gasteiger partial charge is 0.392 e. The quantitative estimate of drug-likeness (QED) is 0.672. The molecule has 2 atom stereocenters. The van der Waals surface area contributed by atoms with Crippen molar-refractivity contribution in [2.75, 3.05) is 52.9 Å². The number of ether oxygens (including phenoxy) is 1. The predicted molar refractivity (Wildman–Crippen MR) is 90.3 cm³/mol. The number of aliphatic hydroxyl groups excluding tert-OH is 1.